The van der Waals surface area contributed by atoms with Gasteiger partial charge in [-0.25, -0.2) is 13.2 Å². The van der Waals surface area contributed by atoms with Crippen LogP contribution in [0, 0.1) is 34.7 Å². The Morgan fingerprint density at radius 2 is 1.87 bits per heavy atom. The van der Waals surface area contributed by atoms with Crippen molar-refractivity contribution in [1.82, 2.24) is 20.4 Å². The summed E-state index contributed by atoms with van der Waals surface area (Å²) in [5.41, 5.74) is 1.13. The summed E-state index contributed by atoms with van der Waals surface area (Å²) in [5.74, 6) is -2.26. The third kappa shape index (κ3) is 6.04. The normalized spacial score (nSPS) is 21.7. The Morgan fingerprint density at radius 1 is 1.03 bits per heavy atom. The van der Waals surface area contributed by atoms with Crippen molar-refractivity contribution in [2.75, 3.05) is 37.6 Å². The van der Waals surface area contributed by atoms with Crippen molar-refractivity contribution in [3.05, 3.63) is 88.9 Å². The van der Waals surface area contributed by atoms with Crippen LogP contribution in [0.25, 0.3) is 0 Å². The van der Waals surface area contributed by atoms with Gasteiger partial charge in [-0.15, -0.1) is 10.2 Å². The van der Waals surface area contributed by atoms with Crippen LogP contribution in [-0.4, -0.2) is 59.8 Å². The molecule has 7 nitrogen and oxygen atoms in total. The van der Waals surface area contributed by atoms with Crippen LogP contribution in [0.1, 0.15) is 35.6 Å². The van der Waals surface area contributed by atoms with E-state index in [1.807, 2.05) is 17.0 Å². The van der Waals surface area contributed by atoms with Crippen LogP contribution >= 0.6 is 0 Å². The number of nitrogens with zero attached hydrogens (tertiary/aromatic N) is 5. The van der Waals surface area contributed by atoms with Gasteiger partial charge < -0.3 is 15.1 Å². The summed E-state index contributed by atoms with van der Waals surface area (Å²) in [7, 11) is 0. The van der Waals surface area contributed by atoms with E-state index in [1.165, 1.54) is 18.2 Å². The molecule has 0 bridgehead atoms. The third-order valence-electron chi connectivity index (χ3n) is 7.62. The first-order chi connectivity index (χ1) is 18.9. The zero-order chi connectivity index (χ0) is 27.4. The zero-order valence-electron chi connectivity index (χ0n) is 21.4. The van der Waals surface area contributed by atoms with Crippen LogP contribution in [0.3, 0.4) is 0 Å². The van der Waals surface area contributed by atoms with Gasteiger partial charge in [-0.1, -0.05) is 24.3 Å². The second kappa shape index (κ2) is 11.8. The summed E-state index contributed by atoms with van der Waals surface area (Å²) in [6.45, 7) is 2.16. The van der Waals surface area contributed by atoms with Gasteiger partial charge in [-0.3, -0.25) is 4.79 Å². The van der Waals surface area contributed by atoms with Gasteiger partial charge in [-0.05, 0) is 54.7 Å². The van der Waals surface area contributed by atoms with Crippen molar-refractivity contribution in [3.63, 3.8) is 0 Å². The number of benzene rings is 2. The number of aromatic nitrogens is 2. The lowest BCUT2D eigenvalue weighted by atomic mass is 9.87. The second-order valence-corrected chi connectivity index (χ2v) is 10.1. The van der Waals surface area contributed by atoms with Crippen molar-refractivity contribution in [2.24, 2.45) is 5.92 Å². The Bertz CT molecular complexity index is 1350. The van der Waals surface area contributed by atoms with Crippen LogP contribution < -0.4 is 10.2 Å². The molecule has 2 aliphatic rings. The number of carbonyl (C=O) groups is 1. The molecule has 3 unspecified atom stereocenters. The van der Waals surface area contributed by atoms with E-state index in [9.17, 15) is 18.0 Å². The van der Waals surface area contributed by atoms with Crippen LogP contribution in [-0.2, 0) is 11.2 Å². The molecule has 202 valence electrons. The van der Waals surface area contributed by atoms with Gasteiger partial charge in [0.2, 0.25) is 5.91 Å². The SMILES string of the molecule is N#Cc1ccc(N2CC(C(=O)N3CCCC(Cc4ccccc4F)NCC3)C(c3ccc(F)cc3F)C2)nn1. The van der Waals surface area contributed by atoms with Crippen LogP contribution in [0.2, 0.25) is 0 Å². The average molecular weight is 535 g/mol. The lowest BCUT2D eigenvalue weighted by Crippen LogP contribution is -2.47. The summed E-state index contributed by atoms with van der Waals surface area (Å²) < 4.78 is 42.7. The Morgan fingerprint density at radius 3 is 2.62 bits per heavy atom. The molecule has 39 heavy (non-hydrogen) atoms. The number of halogens is 3. The van der Waals surface area contributed by atoms with Crippen LogP contribution in [0.5, 0.6) is 0 Å². The molecule has 3 aromatic rings. The van der Waals surface area contributed by atoms with Gasteiger partial charge in [0.05, 0.1) is 5.92 Å². The molecule has 0 radical (unpaired) electrons. The van der Waals surface area contributed by atoms with Crippen molar-refractivity contribution in [2.45, 2.75) is 31.2 Å². The number of nitriles is 1. The van der Waals surface area contributed by atoms with E-state index in [0.29, 0.717) is 50.5 Å². The van der Waals surface area contributed by atoms with Crippen LogP contribution in [0.4, 0.5) is 19.0 Å². The first kappa shape index (κ1) is 26.6. The maximum Gasteiger partial charge on any atom is 0.228 e. The summed E-state index contributed by atoms with van der Waals surface area (Å²) in [6.07, 6.45) is 2.10. The first-order valence-corrected chi connectivity index (χ1v) is 13.1. The lowest BCUT2D eigenvalue weighted by Gasteiger charge is -2.32. The Balaban J connectivity index is 1.31. The smallest absolute Gasteiger partial charge is 0.228 e. The van der Waals surface area contributed by atoms with Crippen molar-refractivity contribution in [1.29, 1.82) is 5.26 Å². The highest BCUT2D eigenvalue weighted by atomic mass is 19.1. The molecule has 0 saturated carbocycles. The van der Waals surface area contributed by atoms with E-state index in [1.54, 1.807) is 29.2 Å². The standard InChI is InChI=1S/C29H29F3N6O/c30-20-7-9-23(27(32)15-20)24-17-38(28-10-8-22(16-33)35-36-28)18-25(24)29(39)37-12-3-5-21(34-11-13-37)14-19-4-1-2-6-26(19)31/h1-2,4,6-10,15,21,24-25,34H,3,5,11-14,17-18H2. The molecule has 1 N–H and O–H groups in total. The molecule has 3 atom stereocenters. The minimum absolute atomic E-state index is 0.0952. The number of anilines is 1. The van der Waals surface area contributed by atoms with Gasteiger partial charge in [0.25, 0.3) is 0 Å². The number of carbonyl (C=O) groups excluding carboxylic acids is 1. The molecule has 0 aliphatic carbocycles. The summed E-state index contributed by atoms with van der Waals surface area (Å²) in [5, 5.41) is 20.5. The van der Waals surface area contributed by atoms with Gasteiger partial charge in [-0.2, -0.15) is 5.26 Å². The third-order valence-corrected chi connectivity index (χ3v) is 7.62. The second-order valence-electron chi connectivity index (χ2n) is 10.1. The molecule has 2 fully saturated rings. The van der Waals surface area contributed by atoms with Gasteiger partial charge >= 0.3 is 0 Å². The summed E-state index contributed by atoms with van der Waals surface area (Å²) >= 11 is 0. The quantitative estimate of drug-likeness (QED) is 0.536. The average Bonchev–Trinajstić information content (AvgIpc) is 3.36. The Kier molecular flexibility index (Phi) is 8.07. The Labute approximate surface area is 225 Å². The van der Waals surface area contributed by atoms with Crippen molar-refractivity contribution in [3.8, 4) is 6.07 Å². The molecular weight excluding hydrogens is 505 g/mol. The van der Waals surface area contributed by atoms with Crippen molar-refractivity contribution >= 4 is 11.7 Å². The number of hydrogen-bond acceptors (Lipinski definition) is 6. The van der Waals surface area contributed by atoms with E-state index in [0.717, 1.165) is 18.9 Å². The summed E-state index contributed by atoms with van der Waals surface area (Å²) in [6, 6.07) is 15.5. The Hall–Kier alpha value is -3.97. The highest BCUT2D eigenvalue weighted by molar-refractivity contribution is 5.81. The molecule has 1 aromatic heterocycles. The number of nitrogens with one attached hydrogen (secondary N) is 1. The largest absolute Gasteiger partial charge is 0.354 e. The number of rotatable bonds is 5. The molecule has 5 rings (SSSR count). The maximum absolute atomic E-state index is 14.9. The minimum atomic E-state index is -0.684. The van der Waals surface area contributed by atoms with E-state index >= 15 is 0 Å². The highest BCUT2D eigenvalue weighted by Gasteiger charge is 2.42. The summed E-state index contributed by atoms with van der Waals surface area (Å²) in [4.78, 5) is 17.5. The first-order valence-electron chi connectivity index (χ1n) is 13.1. The zero-order valence-corrected chi connectivity index (χ0v) is 21.4. The molecular formula is C29H29F3N6O. The fraction of sp³-hybridized carbons (Fsp3) is 0.379. The monoisotopic (exact) mass is 534 g/mol. The fourth-order valence-electron chi connectivity index (χ4n) is 5.62. The molecule has 3 heterocycles. The predicted molar refractivity (Wildman–Crippen MR) is 139 cm³/mol. The maximum atomic E-state index is 14.9. The molecule has 2 saturated heterocycles. The molecule has 10 heteroatoms. The number of hydrogen-bond donors (Lipinski definition) is 1. The minimum Gasteiger partial charge on any atom is -0.354 e. The molecule has 2 aromatic carbocycles. The molecule has 2 aliphatic heterocycles. The predicted octanol–water partition coefficient (Wildman–Crippen LogP) is 3.81. The molecule has 0 spiro atoms. The van der Waals surface area contributed by atoms with Gasteiger partial charge in [0.15, 0.2) is 11.5 Å². The van der Waals surface area contributed by atoms with Gasteiger partial charge in [0, 0.05) is 50.7 Å². The van der Waals surface area contributed by atoms with Gasteiger partial charge in [0.1, 0.15) is 23.5 Å². The fourth-order valence-corrected chi connectivity index (χ4v) is 5.62. The van der Waals surface area contributed by atoms with Crippen LogP contribution in [0.15, 0.2) is 54.6 Å². The van der Waals surface area contributed by atoms with Crippen molar-refractivity contribution < 1.29 is 18.0 Å². The highest BCUT2D eigenvalue weighted by Crippen LogP contribution is 2.37. The van der Waals surface area contributed by atoms with E-state index in [2.05, 4.69) is 15.5 Å². The van der Waals surface area contributed by atoms with E-state index in [4.69, 9.17) is 5.26 Å². The molecule has 1 amide bonds. The topological polar surface area (TPSA) is 85.2 Å². The van der Waals surface area contributed by atoms with E-state index in [-0.39, 0.29) is 29.0 Å². The number of amides is 1. The van der Waals surface area contributed by atoms with E-state index < -0.39 is 23.5 Å². The lowest BCUT2D eigenvalue weighted by molar-refractivity contribution is -0.135.